The summed E-state index contributed by atoms with van der Waals surface area (Å²) < 4.78 is 0. The average Bonchev–Trinajstić information content (AvgIpc) is 2.21. The number of Topliss-reactive ketones (excluding diaryl/α,β-unsaturated/α-hetero) is 2. The summed E-state index contributed by atoms with van der Waals surface area (Å²) in [4.78, 5) is 23.1. The van der Waals surface area contributed by atoms with Gasteiger partial charge in [-0.15, -0.1) is 0 Å². The molecule has 0 saturated heterocycles. The van der Waals surface area contributed by atoms with E-state index in [0.717, 1.165) is 31.3 Å². The summed E-state index contributed by atoms with van der Waals surface area (Å²) in [6.07, 6.45) is 4.96. The second-order valence-electron chi connectivity index (χ2n) is 5.83. The van der Waals surface area contributed by atoms with Crippen LogP contribution in [0, 0.1) is 11.3 Å². The van der Waals surface area contributed by atoms with Crippen LogP contribution in [0.4, 0.5) is 0 Å². The van der Waals surface area contributed by atoms with E-state index in [1.807, 2.05) is 6.92 Å². The number of hydrogen-bond donors (Lipinski definition) is 0. The van der Waals surface area contributed by atoms with Crippen molar-refractivity contribution in [2.45, 2.75) is 59.3 Å². The summed E-state index contributed by atoms with van der Waals surface area (Å²) >= 11 is 0. The van der Waals surface area contributed by atoms with Gasteiger partial charge in [0.15, 0.2) is 0 Å². The van der Waals surface area contributed by atoms with E-state index in [-0.39, 0.29) is 11.2 Å². The predicted octanol–water partition coefficient (Wildman–Crippen LogP) is 3.70. The van der Waals surface area contributed by atoms with Gasteiger partial charge in [-0.25, -0.2) is 0 Å². The van der Waals surface area contributed by atoms with Gasteiger partial charge < -0.3 is 4.79 Å². The zero-order valence-electron chi connectivity index (χ0n) is 11.3. The van der Waals surface area contributed by atoms with Crippen LogP contribution in [0.25, 0.3) is 0 Å². The van der Waals surface area contributed by atoms with Crippen LogP contribution in [0.1, 0.15) is 59.3 Å². The molecule has 1 saturated carbocycles. The number of carbonyl (C=O) groups is 2. The second kappa shape index (κ2) is 5.61. The molecule has 2 atom stereocenters. The summed E-state index contributed by atoms with van der Waals surface area (Å²) in [5.41, 5.74) is 0.936. The molecule has 0 radical (unpaired) electrons. The van der Waals surface area contributed by atoms with Gasteiger partial charge in [-0.3, -0.25) is 4.79 Å². The second-order valence-corrected chi connectivity index (χ2v) is 5.83. The molecule has 1 aliphatic rings. The van der Waals surface area contributed by atoms with E-state index in [9.17, 15) is 9.59 Å². The summed E-state index contributed by atoms with van der Waals surface area (Å²) in [7, 11) is 0. The molecule has 1 fully saturated rings. The van der Waals surface area contributed by atoms with Crippen LogP contribution >= 0.6 is 0 Å². The van der Waals surface area contributed by atoms with Crippen molar-refractivity contribution >= 4 is 11.6 Å². The molecule has 0 aromatic heterocycles. The number of ketones is 2. The molecule has 2 heteroatoms. The predicted molar refractivity (Wildman–Crippen MR) is 69.8 cm³/mol. The number of rotatable bonds is 5. The molecule has 0 bridgehead atoms. The van der Waals surface area contributed by atoms with E-state index in [1.54, 1.807) is 6.92 Å². The molecule has 0 aromatic carbocycles. The summed E-state index contributed by atoms with van der Waals surface area (Å²) in [6, 6.07) is 0. The molecule has 96 valence electrons. The first-order valence-electron chi connectivity index (χ1n) is 6.53. The minimum atomic E-state index is -0.193. The van der Waals surface area contributed by atoms with E-state index in [1.165, 1.54) is 0 Å². The first-order chi connectivity index (χ1) is 7.85. The first-order valence-corrected chi connectivity index (χ1v) is 6.53. The zero-order chi connectivity index (χ0) is 13.1. The van der Waals surface area contributed by atoms with Crippen molar-refractivity contribution in [1.29, 1.82) is 0 Å². The van der Waals surface area contributed by atoms with E-state index >= 15 is 0 Å². The van der Waals surface area contributed by atoms with E-state index in [4.69, 9.17) is 0 Å². The van der Waals surface area contributed by atoms with Crippen LogP contribution in [-0.4, -0.2) is 11.6 Å². The van der Waals surface area contributed by atoms with Crippen LogP contribution in [0.5, 0.6) is 0 Å². The summed E-state index contributed by atoms with van der Waals surface area (Å²) in [6.45, 7) is 9.63. The Hall–Kier alpha value is -0.920. The summed E-state index contributed by atoms with van der Waals surface area (Å²) in [5.74, 6) is 0.959. The fraction of sp³-hybridized carbons (Fsp3) is 0.733. The highest BCUT2D eigenvalue weighted by Crippen LogP contribution is 2.41. The minimum Gasteiger partial charge on any atom is -0.300 e. The number of allylic oxidation sites excluding steroid dienone is 1. The van der Waals surface area contributed by atoms with Crippen LogP contribution in [0.3, 0.4) is 0 Å². The molecule has 0 aliphatic heterocycles. The van der Waals surface area contributed by atoms with E-state index in [0.29, 0.717) is 24.5 Å². The quantitative estimate of drug-likeness (QED) is 0.682. The van der Waals surface area contributed by atoms with Crippen molar-refractivity contribution in [3.63, 3.8) is 0 Å². The molecule has 0 heterocycles. The number of carbonyl (C=O) groups excluding carboxylic acids is 2. The third kappa shape index (κ3) is 3.79. The Morgan fingerprint density at radius 2 is 2.12 bits per heavy atom. The molecule has 0 spiro atoms. The largest absolute Gasteiger partial charge is 0.300 e. The van der Waals surface area contributed by atoms with Crippen LogP contribution < -0.4 is 0 Å². The van der Waals surface area contributed by atoms with Gasteiger partial charge in [-0.1, -0.05) is 19.1 Å². The standard InChI is InChI=1S/C15H24O2/c1-11(2)13-7-9-15(4,14(17)10-13)8-5-6-12(3)16/h13H,1,5-10H2,2-4H3/t13-,15-/m1/s1. The van der Waals surface area contributed by atoms with Gasteiger partial charge in [-0.05, 0) is 45.4 Å². The van der Waals surface area contributed by atoms with Gasteiger partial charge in [0.2, 0.25) is 0 Å². The Labute approximate surface area is 104 Å². The first kappa shape index (κ1) is 14.1. The molecular formula is C15H24O2. The van der Waals surface area contributed by atoms with Crippen molar-refractivity contribution in [2.75, 3.05) is 0 Å². The Morgan fingerprint density at radius 3 is 2.59 bits per heavy atom. The zero-order valence-corrected chi connectivity index (χ0v) is 11.3. The highest BCUT2D eigenvalue weighted by Gasteiger charge is 2.38. The molecule has 0 unspecified atom stereocenters. The lowest BCUT2D eigenvalue weighted by molar-refractivity contribution is -0.132. The fourth-order valence-electron chi connectivity index (χ4n) is 2.62. The minimum absolute atomic E-state index is 0.193. The van der Waals surface area contributed by atoms with Crippen molar-refractivity contribution in [2.24, 2.45) is 11.3 Å². The maximum atomic E-state index is 12.2. The molecular weight excluding hydrogens is 212 g/mol. The van der Waals surface area contributed by atoms with Crippen molar-refractivity contribution < 1.29 is 9.59 Å². The van der Waals surface area contributed by atoms with E-state index < -0.39 is 0 Å². The van der Waals surface area contributed by atoms with E-state index in [2.05, 4.69) is 13.5 Å². The SMILES string of the molecule is C=C(C)[C@@H]1CC[C@@](C)(CCCC(C)=O)C(=O)C1. The van der Waals surface area contributed by atoms with Gasteiger partial charge in [0, 0.05) is 18.3 Å². The van der Waals surface area contributed by atoms with Crippen LogP contribution in [0.2, 0.25) is 0 Å². The highest BCUT2D eigenvalue weighted by atomic mass is 16.1. The van der Waals surface area contributed by atoms with Gasteiger partial charge in [0.25, 0.3) is 0 Å². The maximum absolute atomic E-state index is 12.2. The third-order valence-electron chi connectivity index (χ3n) is 4.10. The van der Waals surface area contributed by atoms with Crippen molar-refractivity contribution in [1.82, 2.24) is 0 Å². The molecule has 2 nitrogen and oxygen atoms in total. The molecule has 0 amide bonds. The fourth-order valence-corrected chi connectivity index (χ4v) is 2.62. The Kier molecular flexibility index (Phi) is 4.67. The molecule has 1 aliphatic carbocycles. The molecule has 17 heavy (non-hydrogen) atoms. The average molecular weight is 236 g/mol. The van der Waals surface area contributed by atoms with Gasteiger partial charge in [0.05, 0.1) is 0 Å². The normalized spacial score (nSPS) is 29.1. The topological polar surface area (TPSA) is 34.1 Å². The monoisotopic (exact) mass is 236 g/mol. The van der Waals surface area contributed by atoms with Gasteiger partial charge in [0.1, 0.15) is 11.6 Å². The lowest BCUT2D eigenvalue weighted by Crippen LogP contribution is -2.35. The van der Waals surface area contributed by atoms with Crippen molar-refractivity contribution in [3.05, 3.63) is 12.2 Å². The molecule has 0 N–H and O–H groups in total. The van der Waals surface area contributed by atoms with Crippen molar-refractivity contribution in [3.8, 4) is 0 Å². The lowest BCUT2D eigenvalue weighted by atomic mass is 9.67. The smallest absolute Gasteiger partial charge is 0.139 e. The van der Waals surface area contributed by atoms with Gasteiger partial charge >= 0.3 is 0 Å². The molecule has 0 aromatic rings. The van der Waals surface area contributed by atoms with Crippen LogP contribution in [0.15, 0.2) is 12.2 Å². The highest BCUT2D eigenvalue weighted by molar-refractivity contribution is 5.85. The summed E-state index contributed by atoms with van der Waals surface area (Å²) in [5, 5.41) is 0. The Morgan fingerprint density at radius 1 is 1.47 bits per heavy atom. The van der Waals surface area contributed by atoms with Gasteiger partial charge in [-0.2, -0.15) is 0 Å². The molecule has 1 rings (SSSR count). The number of hydrogen-bond acceptors (Lipinski definition) is 2. The van der Waals surface area contributed by atoms with Crippen LogP contribution in [-0.2, 0) is 9.59 Å². The lowest BCUT2D eigenvalue weighted by Gasteiger charge is -2.36. The third-order valence-corrected chi connectivity index (χ3v) is 4.10. The maximum Gasteiger partial charge on any atom is 0.139 e. The Bertz CT molecular complexity index is 326. The Balaban J connectivity index is 2.51.